The molecule has 2 aliphatic carbocycles. The summed E-state index contributed by atoms with van der Waals surface area (Å²) in [5.74, 6) is 3.01. The van der Waals surface area contributed by atoms with E-state index in [-0.39, 0.29) is 0 Å². The number of hydrogen-bond donors (Lipinski definition) is 3. The molecule has 4 heteroatoms. The van der Waals surface area contributed by atoms with Crippen LogP contribution in [0.3, 0.4) is 0 Å². The fraction of sp³-hybridized carbons (Fsp3) is 0.583. The SMILES string of the molecule is Nc1ccc(NC(C2CC2)C2CC2)nc1N. The quantitative estimate of drug-likeness (QED) is 0.720. The summed E-state index contributed by atoms with van der Waals surface area (Å²) in [5, 5.41) is 3.52. The maximum absolute atomic E-state index is 5.70. The third-order valence-electron chi connectivity index (χ3n) is 3.53. The number of hydrogen-bond acceptors (Lipinski definition) is 4. The topological polar surface area (TPSA) is 77.0 Å². The molecule has 16 heavy (non-hydrogen) atoms. The van der Waals surface area contributed by atoms with Gasteiger partial charge in [-0.05, 0) is 49.7 Å². The molecule has 1 heterocycles. The average Bonchev–Trinajstić information content (AvgIpc) is 3.14. The first-order chi connectivity index (χ1) is 7.74. The molecule has 0 bridgehead atoms. The minimum Gasteiger partial charge on any atom is -0.396 e. The molecule has 0 spiro atoms. The molecule has 2 fully saturated rings. The Labute approximate surface area is 95.4 Å². The predicted molar refractivity (Wildman–Crippen MR) is 65.9 cm³/mol. The van der Waals surface area contributed by atoms with E-state index in [1.165, 1.54) is 25.7 Å². The zero-order valence-electron chi connectivity index (χ0n) is 9.32. The fourth-order valence-corrected chi connectivity index (χ4v) is 2.27. The first-order valence-electron chi connectivity index (χ1n) is 6.02. The second kappa shape index (κ2) is 3.54. The highest BCUT2D eigenvalue weighted by atomic mass is 15.1. The van der Waals surface area contributed by atoms with Crippen molar-refractivity contribution in [3.05, 3.63) is 12.1 Å². The molecule has 3 rings (SSSR count). The molecule has 0 amide bonds. The number of nitrogen functional groups attached to an aromatic ring is 2. The van der Waals surface area contributed by atoms with E-state index in [0.29, 0.717) is 17.5 Å². The van der Waals surface area contributed by atoms with Crippen molar-refractivity contribution in [2.45, 2.75) is 31.7 Å². The summed E-state index contributed by atoms with van der Waals surface area (Å²) >= 11 is 0. The number of nitrogens with two attached hydrogens (primary N) is 2. The van der Waals surface area contributed by atoms with E-state index in [2.05, 4.69) is 10.3 Å². The summed E-state index contributed by atoms with van der Waals surface area (Å²) in [7, 11) is 0. The molecule has 0 aliphatic heterocycles. The highest BCUT2D eigenvalue weighted by Crippen LogP contribution is 2.45. The molecule has 0 saturated heterocycles. The Morgan fingerprint density at radius 2 is 1.75 bits per heavy atom. The van der Waals surface area contributed by atoms with E-state index in [0.717, 1.165) is 17.7 Å². The average molecular weight is 218 g/mol. The van der Waals surface area contributed by atoms with Crippen molar-refractivity contribution >= 4 is 17.3 Å². The third kappa shape index (κ3) is 1.92. The number of pyridine rings is 1. The van der Waals surface area contributed by atoms with Crippen molar-refractivity contribution in [1.29, 1.82) is 0 Å². The Bertz CT molecular complexity index is 384. The van der Waals surface area contributed by atoms with Gasteiger partial charge < -0.3 is 16.8 Å². The lowest BCUT2D eigenvalue weighted by molar-refractivity contribution is 0.566. The highest BCUT2D eigenvalue weighted by Gasteiger charge is 2.41. The van der Waals surface area contributed by atoms with Crippen LogP contribution in [0.1, 0.15) is 25.7 Å². The molecule has 1 aromatic heterocycles. The second-order valence-electron chi connectivity index (χ2n) is 5.02. The van der Waals surface area contributed by atoms with Crippen molar-refractivity contribution in [2.24, 2.45) is 11.8 Å². The molecule has 1 aromatic rings. The molecule has 2 aliphatic rings. The van der Waals surface area contributed by atoms with Crippen molar-refractivity contribution in [3.8, 4) is 0 Å². The Hall–Kier alpha value is -1.45. The lowest BCUT2D eigenvalue weighted by Crippen LogP contribution is -2.24. The second-order valence-corrected chi connectivity index (χ2v) is 5.02. The summed E-state index contributed by atoms with van der Waals surface area (Å²) in [6.45, 7) is 0. The van der Waals surface area contributed by atoms with Crippen LogP contribution in [-0.2, 0) is 0 Å². The fourth-order valence-electron chi connectivity index (χ4n) is 2.27. The van der Waals surface area contributed by atoms with Gasteiger partial charge in [-0.25, -0.2) is 4.98 Å². The van der Waals surface area contributed by atoms with Crippen LogP contribution in [-0.4, -0.2) is 11.0 Å². The van der Waals surface area contributed by atoms with E-state index in [1.807, 2.05) is 12.1 Å². The molecular weight excluding hydrogens is 200 g/mol. The first-order valence-corrected chi connectivity index (χ1v) is 6.02. The van der Waals surface area contributed by atoms with Gasteiger partial charge in [0.05, 0.1) is 5.69 Å². The van der Waals surface area contributed by atoms with Crippen LogP contribution in [0, 0.1) is 11.8 Å². The van der Waals surface area contributed by atoms with Crippen LogP contribution < -0.4 is 16.8 Å². The Morgan fingerprint density at radius 3 is 2.25 bits per heavy atom. The molecule has 0 unspecified atom stereocenters. The van der Waals surface area contributed by atoms with Crippen LogP contribution >= 0.6 is 0 Å². The van der Waals surface area contributed by atoms with Crippen LogP contribution in [0.15, 0.2) is 12.1 Å². The Kier molecular flexibility index (Phi) is 2.16. The number of nitrogens with zero attached hydrogens (tertiary/aromatic N) is 1. The maximum Gasteiger partial charge on any atom is 0.149 e. The van der Waals surface area contributed by atoms with Crippen LogP contribution in [0.5, 0.6) is 0 Å². The Balaban J connectivity index is 1.73. The third-order valence-corrected chi connectivity index (χ3v) is 3.53. The van der Waals surface area contributed by atoms with Gasteiger partial charge in [-0.15, -0.1) is 0 Å². The highest BCUT2D eigenvalue weighted by molar-refractivity contribution is 5.61. The minimum atomic E-state index is 0.426. The lowest BCUT2D eigenvalue weighted by Gasteiger charge is -2.18. The molecule has 2 saturated carbocycles. The van der Waals surface area contributed by atoms with Gasteiger partial charge in [0, 0.05) is 6.04 Å². The largest absolute Gasteiger partial charge is 0.396 e. The summed E-state index contributed by atoms with van der Waals surface area (Å²) in [4.78, 5) is 4.27. The molecule has 0 atom stereocenters. The summed E-state index contributed by atoms with van der Waals surface area (Å²) in [6.07, 6.45) is 5.44. The van der Waals surface area contributed by atoms with Crippen molar-refractivity contribution in [1.82, 2.24) is 4.98 Å². The van der Waals surface area contributed by atoms with Gasteiger partial charge in [-0.1, -0.05) is 0 Å². The smallest absolute Gasteiger partial charge is 0.149 e. The lowest BCUT2D eigenvalue weighted by atomic mass is 10.1. The van der Waals surface area contributed by atoms with Gasteiger partial charge in [0.25, 0.3) is 0 Å². The molecule has 4 nitrogen and oxygen atoms in total. The van der Waals surface area contributed by atoms with Crippen LogP contribution in [0.4, 0.5) is 17.3 Å². The van der Waals surface area contributed by atoms with Crippen molar-refractivity contribution in [2.75, 3.05) is 16.8 Å². The summed E-state index contributed by atoms with van der Waals surface area (Å²) in [6, 6.07) is 4.35. The molecule has 0 aromatic carbocycles. The van der Waals surface area contributed by atoms with Crippen molar-refractivity contribution < 1.29 is 0 Å². The van der Waals surface area contributed by atoms with Crippen molar-refractivity contribution in [3.63, 3.8) is 0 Å². The van der Waals surface area contributed by atoms with E-state index in [9.17, 15) is 0 Å². The van der Waals surface area contributed by atoms with E-state index in [1.54, 1.807) is 0 Å². The molecule has 5 N–H and O–H groups in total. The van der Waals surface area contributed by atoms with Gasteiger partial charge in [0.2, 0.25) is 0 Å². The van der Waals surface area contributed by atoms with Crippen LogP contribution in [0.25, 0.3) is 0 Å². The molecular formula is C12H18N4. The number of anilines is 3. The van der Waals surface area contributed by atoms with Crippen LogP contribution in [0.2, 0.25) is 0 Å². The van der Waals surface area contributed by atoms with E-state index < -0.39 is 0 Å². The van der Waals surface area contributed by atoms with Gasteiger partial charge in [0.1, 0.15) is 11.6 Å². The number of aromatic nitrogens is 1. The minimum absolute atomic E-state index is 0.426. The van der Waals surface area contributed by atoms with E-state index >= 15 is 0 Å². The molecule has 86 valence electrons. The monoisotopic (exact) mass is 218 g/mol. The zero-order chi connectivity index (χ0) is 11.1. The number of rotatable bonds is 4. The normalized spacial score (nSPS) is 20.1. The van der Waals surface area contributed by atoms with Gasteiger partial charge in [0.15, 0.2) is 0 Å². The maximum atomic E-state index is 5.70. The molecule has 0 radical (unpaired) electrons. The van der Waals surface area contributed by atoms with Gasteiger partial charge >= 0.3 is 0 Å². The van der Waals surface area contributed by atoms with Gasteiger partial charge in [-0.2, -0.15) is 0 Å². The summed E-state index contributed by atoms with van der Waals surface area (Å²) < 4.78 is 0. The first kappa shape index (κ1) is 9.75. The standard InChI is InChI=1S/C12H18N4/c13-9-5-6-10(16-12(9)14)15-11(7-1-2-7)8-3-4-8/h5-8,11H,1-4,13H2,(H3,14,15,16). The summed E-state index contributed by atoms with van der Waals surface area (Å²) in [5.41, 5.74) is 11.9. The van der Waals surface area contributed by atoms with E-state index in [4.69, 9.17) is 11.5 Å². The van der Waals surface area contributed by atoms with Gasteiger partial charge in [-0.3, -0.25) is 0 Å². The Morgan fingerprint density at radius 1 is 1.12 bits per heavy atom. The number of nitrogens with one attached hydrogen (secondary N) is 1. The zero-order valence-corrected chi connectivity index (χ0v) is 9.32. The predicted octanol–water partition coefficient (Wildman–Crippen LogP) is 1.85.